The number of amides is 1. The van der Waals surface area contributed by atoms with E-state index < -0.39 is 0 Å². The molecule has 3 atom stereocenters. The second-order valence-electron chi connectivity index (χ2n) is 5.18. The van der Waals surface area contributed by atoms with E-state index in [-0.39, 0.29) is 36.3 Å². The van der Waals surface area contributed by atoms with Crippen LogP contribution in [0.5, 0.6) is 5.75 Å². The van der Waals surface area contributed by atoms with Crippen molar-refractivity contribution in [1.29, 1.82) is 0 Å². The van der Waals surface area contributed by atoms with Crippen molar-refractivity contribution in [3.63, 3.8) is 0 Å². The first-order chi connectivity index (χ1) is 8.74. The Kier molecular flexibility index (Phi) is 4.32. The van der Waals surface area contributed by atoms with Crippen molar-refractivity contribution < 1.29 is 9.53 Å². The highest BCUT2D eigenvalue weighted by atomic mass is 35.5. The molecular formula is C14H19ClN2O2. The van der Waals surface area contributed by atoms with Crippen molar-refractivity contribution in [2.75, 3.05) is 6.61 Å². The molecule has 1 heterocycles. The predicted molar refractivity (Wildman–Crippen MR) is 75.4 cm³/mol. The summed E-state index contributed by atoms with van der Waals surface area (Å²) in [5.74, 6) is 1.08. The molecule has 1 aromatic carbocycles. The molecule has 0 saturated heterocycles. The van der Waals surface area contributed by atoms with Gasteiger partial charge in [0.05, 0.1) is 6.04 Å². The lowest BCUT2D eigenvalue weighted by molar-refractivity contribution is -0.125. The molecule has 2 aliphatic rings. The first-order valence-electron chi connectivity index (χ1n) is 6.51. The second kappa shape index (κ2) is 5.80. The molecule has 1 saturated carbocycles. The fourth-order valence-corrected chi connectivity index (χ4v) is 2.83. The number of halogens is 1. The van der Waals surface area contributed by atoms with Crippen molar-refractivity contribution >= 4 is 18.3 Å². The van der Waals surface area contributed by atoms with E-state index in [9.17, 15) is 4.79 Å². The number of carbonyl (C=O) groups excluding carboxylic acids is 1. The van der Waals surface area contributed by atoms with Gasteiger partial charge in [-0.1, -0.05) is 18.2 Å². The Morgan fingerprint density at radius 1 is 1.32 bits per heavy atom. The summed E-state index contributed by atoms with van der Waals surface area (Å²) in [5, 5.41) is 3.08. The zero-order chi connectivity index (χ0) is 12.5. The molecular weight excluding hydrogens is 264 g/mol. The quantitative estimate of drug-likeness (QED) is 0.869. The van der Waals surface area contributed by atoms with Gasteiger partial charge >= 0.3 is 0 Å². The molecule has 1 aromatic rings. The van der Waals surface area contributed by atoms with E-state index in [0.717, 1.165) is 30.6 Å². The fraction of sp³-hybridized carbons (Fsp3) is 0.500. The molecule has 0 spiro atoms. The maximum Gasteiger partial charge on any atom is 0.223 e. The number of benzene rings is 1. The van der Waals surface area contributed by atoms with Crippen LogP contribution in [0.25, 0.3) is 0 Å². The molecule has 3 rings (SSSR count). The number of carbonyl (C=O) groups is 1. The van der Waals surface area contributed by atoms with E-state index in [1.165, 1.54) is 0 Å². The SMILES string of the molecule is Cl.NC1CCC(C(=O)NC2COc3ccccc32)C1. The Balaban J connectivity index is 0.00000133. The van der Waals surface area contributed by atoms with E-state index in [1.807, 2.05) is 24.3 Å². The number of hydrogen-bond donors (Lipinski definition) is 2. The van der Waals surface area contributed by atoms with Crippen molar-refractivity contribution in [2.45, 2.75) is 31.3 Å². The third kappa shape index (κ3) is 2.85. The van der Waals surface area contributed by atoms with Gasteiger partial charge in [0.2, 0.25) is 5.91 Å². The Bertz CT molecular complexity index is 467. The van der Waals surface area contributed by atoms with Crippen LogP contribution in [-0.4, -0.2) is 18.6 Å². The summed E-state index contributed by atoms with van der Waals surface area (Å²) >= 11 is 0. The van der Waals surface area contributed by atoms with Crippen LogP contribution >= 0.6 is 12.4 Å². The normalized spacial score (nSPS) is 28.2. The molecule has 1 aliphatic carbocycles. The van der Waals surface area contributed by atoms with Crippen LogP contribution in [0.3, 0.4) is 0 Å². The first-order valence-corrected chi connectivity index (χ1v) is 6.51. The van der Waals surface area contributed by atoms with E-state index in [2.05, 4.69) is 5.32 Å². The van der Waals surface area contributed by atoms with Crippen LogP contribution in [0.4, 0.5) is 0 Å². The van der Waals surface area contributed by atoms with Crippen LogP contribution in [0, 0.1) is 5.92 Å². The van der Waals surface area contributed by atoms with Crippen LogP contribution in [-0.2, 0) is 4.79 Å². The highest BCUT2D eigenvalue weighted by molar-refractivity contribution is 5.85. The van der Waals surface area contributed by atoms with Gasteiger partial charge in [0.15, 0.2) is 0 Å². The van der Waals surface area contributed by atoms with E-state index >= 15 is 0 Å². The second-order valence-corrected chi connectivity index (χ2v) is 5.18. The van der Waals surface area contributed by atoms with Crippen LogP contribution in [0.1, 0.15) is 30.9 Å². The minimum atomic E-state index is -0.00877. The third-order valence-corrected chi connectivity index (χ3v) is 3.86. The lowest BCUT2D eigenvalue weighted by atomic mass is 10.0. The summed E-state index contributed by atoms with van der Waals surface area (Å²) in [6.07, 6.45) is 2.67. The van der Waals surface area contributed by atoms with Gasteiger partial charge in [-0.2, -0.15) is 0 Å². The summed E-state index contributed by atoms with van der Waals surface area (Å²) in [6, 6.07) is 8.04. The molecule has 19 heavy (non-hydrogen) atoms. The molecule has 1 aliphatic heterocycles. The van der Waals surface area contributed by atoms with Crippen molar-refractivity contribution in [3.8, 4) is 5.75 Å². The van der Waals surface area contributed by atoms with Gasteiger partial charge in [-0.15, -0.1) is 12.4 Å². The maximum absolute atomic E-state index is 12.1. The molecule has 0 aromatic heterocycles. The first kappa shape index (κ1) is 14.2. The monoisotopic (exact) mass is 282 g/mol. The third-order valence-electron chi connectivity index (χ3n) is 3.86. The molecule has 104 valence electrons. The Labute approximate surface area is 119 Å². The van der Waals surface area contributed by atoms with Gasteiger partial charge in [-0.3, -0.25) is 4.79 Å². The number of nitrogens with one attached hydrogen (secondary N) is 1. The van der Waals surface area contributed by atoms with Gasteiger partial charge in [0.25, 0.3) is 0 Å². The Morgan fingerprint density at radius 2 is 2.11 bits per heavy atom. The highest BCUT2D eigenvalue weighted by Gasteiger charge is 2.31. The standard InChI is InChI=1S/C14H18N2O2.ClH/c15-10-6-5-9(7-10)14(17)16-12-8-18-13-4-2-1-3-11(12)13;/h1-4,9-10,12H,5-8,15H2,(H,16,17);1H. The molecule has 4 nitrogen and oxygen atoms in total. The van der Waals surface area contributed by atoms with E-state index in [4.69, 9.17) is 10.5 Å². The molecule has 3 N–H and O–H groups in total. The highest BCUT2D eigenvalue weighted by Crippen LogP contribution is 2.32. The molecule has 1 amide bonds. The number of rotatable bonds is 2. The van der Waals surface area contributed by atoms with Gasteiger partial charge in [0, 0.05) is 17.5 Å². The number of nitrogens with two attached hydrogens (primary N) is 1. The van der Waals surface area contributed by atoms with Crippen LogP contribution < -0.4 is 15.8 Å². The van der Waals surface area contributed by atoms with E-state index in [1.54, 1.807) is 0 Å². The smallest absolute Gasteiger partial charge is 0.223 e. The lowest BCUT2D eigenvalue weighted by Crippen LogP contribution is -2.34. The summed E-state index contributed by atoms with van der Waals surface area (Å²) < 4.78 is 5.56. The molecule has 0 radical (unpaired) electrons. The zero-order valence-electron chi connectivity index (χ0n) is 10.7. The minimum absolute atomic E-state index is 0. The largest absolute Gasteiger partial charge is 0.491 e. The van der Waals surface area contributed by atoms with Crippen LogP contribution in [0.15, 0.2) is 24.3 Å². The van der Waals surface area contributed by atoms with Gasteiger partial charge < -0.3 is 15.8 Å². The van der Waals surface area contributed by atoms with E-state index in [0.29, 0.717) is 6.61 Å². The minimum Gasteiger partial charge on any atom is -0.491 e. The molecule has 5 heteroatoms. The number of ether oxygens (including phenoxy) is 1. The average molecular weight is 283 g/mol. The Morgan fingerprint density at radius 3 is 2.84 bits per heavy atom. The zero-order valence-corrected chi connectivity index (χ0v) is 11.5. The fourth-order valence-electron chi connectivity index (χ4n) is 2.83. The van der Waals surface area contributed by atoms with Gasteiger partial charge in [-0.05, 0) is 25.3 Å². The predicted octanol–water partition coefficient (Wildman–Crippen LogP) is 1.79. The van der Waals surface area contributed by atoms with Crippen LogP contribution in [0.2, 0.25) is 0 Å². The van der Waals surface area contributed by atoms with Crippen molar-refractivity contribution in [1.82, 2.24) is 5.32 Å². The number of para-hydroxylation sites is 1. The Hall–Kier alpha value is -1.26. The maximum atomic E-state index is 12.1. The molecule has 0 bridgehead atoms. The lowest BCUT2D eigenvalue weighted by Gasteiger charge is -2.15. The summed E-state index contributed by atoms with van der Waals surface area (Å²) in [6.45, 7) is 0.532. The van der Waals surface area contributed by atoms with Gasteiger partial charge in [-0.25, -0.2) is 0 Å². The topological polar surface area (TPSA) is 64.4 Å². The molecule has 1 fully saturated rings. The van der Waals surface area contributed by atoms with Crippen molar-refractivity contribution in [3.05, 3.63) is 29.8 Å². The molecule has 3 unspecified atom stereocenters. The van der Waals surface area contributed by atoms with Crippen molar-refractivity contribution in [2.24, 2.45) is 11.7 Å². The average Bonchev–Trinajstić information content (AvgIpc) is 2.97. The summed E-state index contributed by atoms with van der Waals surface area (Å²) in [4.78, 5) is 12.1. The summed E-state index contributed by atoms with van der Waals surface area (Å²) in [7, 11) is 0. The number of hydrogen-bond acceptors (Lipinski definition) is 3. The number of fused-ring (bicyclic) bond motifs is 1. The summed E-state index contributed by atoms with van der Waals surface area (Å²) in [5.41, 5.74) is 6.92. The van der Waals surface area contributed by atoms with Gasteiger partial charge in [0.1, 0.15) is 12.4 Å².